The van der Waals surface area contributed by atoms with Gasteiger partial charge in [-0.3, -0.25) is 4.79 Å². The highest BCUT2D eigenvalue weighted by molar-refractivity contribution is 5.92. The Labute approximate surface area is 130 Å². The van der Waals surface area contributed by atoms with Gasteiger partial charge in [0.15, 0.2) is 11.6 Å². The van der Waals surface area contributed by atoms with Crippen LogP contribution in [-0.2, 0) is 4.79 Å². The zero-order valence-electron chi connectivity index (χ0n) is 12.2. The van der Waals surface area contributed by atoms with E-state index in [9.17, 15) is 22.8 Å². The number of hydrogen-bond acceptors (Lipinski definition) is 3. The van der Waals surface area contributed by atoms with E-state index in [2.05, 4.69) is 15.4 Å². The van der Waals surface area contributed by atoms with Crippen LogP contribution >= 0.6 is 0 Å². The van der Waals surface area contributed by atoms with E-state index in [1.54, 1.807) is 4.90 Å². The molecule has 1 aromatic carbocycles. The minimum Gasteiger partial charge on any atom is -0.432 e. The maximum Gasteiger partial charge on any atom is 0.387 e. The predicted octanol–water partition coefficient (Wildman–Crippen LogP) is 2.17. The molecular formula is C14H16F3N3O3. The van der Waals surface area contributed by atoms with E-state index in [0.717, 1.165) is 25.0 Å². The van der Waals surface area contributed by atoms with Crippen LogP contribution in [0.5, 0.6) is 5.75 Å². The zero-order valence-corrected chi connectivity index (χ0v) is 12.2. The van der Waals surface area contributed by atoms with Crippen molar-refractivity contribution in [2.24, 2.45) is 0 Å². The molecule has 1 fully saturated rings. The van der Waals surface area contributed by atoms with Gasteiger partial charge in [-0.1, -0.05) is 0 Å². The highest BCUT2D eigenvalue weighted by Crippen LogP contribution is 2.22. The summed E-state index contributed by atoms with van der Waals surface area (Å²) in [6, 6.07) is 2.34. The van der Waals surface area contributed by atoms with Crippen LogP contribution in [-0.4, -0.2) is 43.1 Å². The number of carbonyl (C=O) groups is 2. The molecule has 2 rings (SSSR count). The molecule has 23 heavy (non-hydrogen) atoms. The van der Waals surface area contributed by atoms with Crippen molar-refractivity contribution in [2.75, 3.05) is 25.0 Å². The summed E-state index contributed by atoms with van der Waals surface area (Å²) in [5, 5.41) is 4.66. The largest absolute Gasteiger partial charge is 0.432 e. The number of hydrogen-bond donors (Lipinski definition) is 2. The van der Waals surface area contributed by atoms with Gasteiger partial charge >= 0.3 is 12.6 Å². The Hall–Kier alpha value is -2.45. The SMILES string of the molecule is O=C(NCC(=O)N1CCCC1)Nc1ccc(OC(F)F)c(F)c1. The lowest BCUT2D eigenvalue weighted by atomic mass is 10.3. The Balaban J connectivity index is 1.82. The fraction of sp³-hybridized carbons (Fsp3) is 0.429. The van der Waals surface area contributed by atoms with Crippen molar-refractivity contribution in [2.45, 2.75) is 19.5 Å². The average molecular weight is 331 g/mol. The van der Waals surface area contributed by atoms with Crippen LogP contribution in [0.2, 0.25) is 0 Å². The van der Waals surface area contributed by atoms with E-state index < -0.39 is 24.2 Å². The summed E-state index contributed by atoms with van der Waals surface area (Å²) in [6.45, 7) is -1.94. The maximum atomic E-state index is 13.5. The van der Waals surface area contributed by atoms with Crippen LogP contribution in [0.15, 0.2) is 18.2 Å². The molecular weight excluding hydrogens is 315 g/mol. The first-order valence-electron chi connectivity index (χ1n) is 7.02. The third-order valence-corrected chi connectivity index (χ3v) is 3.26. The van der Waals surface area contributed by atoms with Gasteiger partial charge in [0.2, 0.25) is 5.91 Å². The standard InChI is InChI=1S/C14H16F3N3O3/c15-10-7-9(3-4-11(10)23-13(16)17)19-14(22)18-8-12(21)20-5-1-2-6-20/h3-4,7,13H,1-2,5-6,8H2,(H2,18,19,22). The molecule has 1 heterocycles. The Morgan fingerprint density at radius 2 is 1.96 bits per heavy atom. The minimum atomic E-state index is -3.14. The minimum absolute atomic E-state index is 0.0511. The first kappa shape index (κ1) is 16.9. The van der Waals surface area contributed by atoms with Crippen molar-refractivity contribution < 1.29 is 27.5 Å². The maximum absolute atomic E-state index is 13.5. The van der Waals surface area contributed by atoms with Gasteiger partial charge in [0, 0.05) is 24.8 Å². The van der Waals surface area contributed by atoms with Crippen LogP contribution in [0.25, 0.3) is 0 Å². The number of rotatable bonds is 5. The number of alkyl halides is 2. The molecule has 1 aromatic rings. The van der Waals surface area contributed by atoms with Crippen LogP contribution < -0.4 is 15.4 Å². The third-order valence-electron chi connectivity index (χ3n) is 3.26. The summed E-state index contributed by atoms with van der Waals surface area (Å²) in [6.07, 6.45) is 1.90. The molecule has 0 spiro atoms. The molecule has 1 aliphatic rings. The molecule has 1 aliphatic heterocycles. The van der Waals surface area contributed by atoms with Crippen LogP contribution in [0.1, 0.15) is 12.8 Å². The van der Waals surface area contributed by atoms with Crippen molar-refractivity contribution in [3.05, 3.63) is 24.0 Å². The number of anilines is 1. The van der Waals surface area contributed by atoms with Crippen LogP contribution in [0.3, 0.4) is 0 Å². The van der Waals surface area contributed by atoms with Crippen molar-refractivity contribution in [3.63, 3.8) is 0 Å². The number of nitrogens with zero attached hydrogens (tertiary/aromatic N) is 1. The molecule has 0 atom stereocenters. The number of ether oxygens (including phenoxy) is 1. The number of likely N-dealkylation sites (tertiary alicyclic amines) is 1. The highest BCUT2D eigenvalue weighted by Gasteiger charge is 2.18. The Kier molecular flexibility index (Phi) is 5.67. The molecule has 0 aliphatic carbocycles. The number of amides is 3. The van der Waals surface area contributed by atoms with Gasteiger partial charge in [-0.25, -0.2) is 9.18 Å². The molecule has 6 nitrogen and oxygen atoms in total. The average Bonchev–Trinajstić information content (AvgIpc) is 3.01. The number of urea groups is 1. The first-order valence-corrected chi connectivity index (χ1v) is 7.02. The molecule has 0 aromatic heterocycles. The normalized spacial score (nSPS) is 14.0. The molecule has 0 bridgehead atoms. The van der Waals surface area contributed by atoms with Crippen molar-refractivity contribution in [1.82, 2.24) is 10.2 Å². The van der Waals surface area contributed by atoms with E-state index in [1.165, 1.54) is 6.07 Å². The fourth-order valence-corrected chi connectivity index (χ4v) is 2.18. The van der Waals surface area contributed by atoms with E-state index in [-0.39, 0.29) is 18.1 Å². The van der Waals surface area contributed by atoms with Gasteiger partial charge in [-0.2, -0.15) is 8.78 Å². The lowest BCUT2D eigenvalue weighted by Gasteiger charge is -2.15. The number of nitrogens with one attached hydrogen (secondary N) is 2. The third kappa shape index (κ3) is 5.04. The monoisotopic (exact) mass is 331 g/mol. The molecule has 2 N–H and O–H groups in total. The topological polar surface area (TPSA) is 70.7 Å². The molecule has 126 valence electrons. The second kappa shape index (κ2) is 7.70. The summed E-state index contributed by atoms with van der Waals surface area (Å²) in [7, 11) is 0. The van der Waals surface area contributed by atoms with Crippen molar-refractivity contribution >= 4 is 17.6 Å². The molecule has 3 amide bonds. The van der Waals surface area contributed by atoms with E-state index >= 15 is 0 Å². The number of carbonyl (C=O) groups excluding carboxylic acids is 2. The van der Waals surface area contributed by atoms with Crippen LogP contribution in [0, 0.1) is 5.82 Å². The van der Waals surface area contributed by atoms with Crippen molar-refractivity contribution in [1.29, 1.82) is 0 Å². The Bertz CT molecular complexity index is 578. The van der Waals surface area contributed by atoms with Gasteiger partial charge in [0.25, 0.3) is 0 Å². The number of benzene rings is 1. The fourth-order valence-electron chi connectivity index (χ4n) is 2.18. The number of halogens is 3. The zero-order chi connectivity index (χ0) is 16.8. The van der Waals surface area contributed by atoms with Gasteiger partial charge in [-0.05, 0) is 25.0 Å². The highest BCUT2D eigenvalue weighted by atomic mass is 19.3. The first-order chi connectivity index (χ1) is 11.0. The van der Waals surface area contributed by atoms with Gasteiger partial charge in [-0.15, -0.1) is 0 Å². The Morgan fingerprint density at radius 1 is 1.26 bits per heavy atom. The summed E-state index contributed by atoms with van der Waals surface area (Å²) in [4.78, 5) is 25.0. The summed E-state index contributed by atoms with van der Waals surface area (Å²) in [5.41, 5.74) is 0.0511. The molecule has 0 saturated carbocycles. The van der Waals surface area contributed by atoms with E-state index in [4.69, 9.17) is 0 Å². The van der Waals surface area contributed by atoms with Gasteiger partial charge in [0.05, 0.1) is 6.54 Å². The van der Waals surface area contributed by atoms with E-state index in [1.807, 2.05) is 0 Å². The lowest BCUT2D eigenvalue weighted by Crippen LogP contribution is -2.40. The summed E-state index contributed by atoms with van der Waals surface area (Å²) >= 11 is 0. The predicted molar refractivity (Wildman–Crippen MR) is 75.9 cm³/mol. The van der Waals surface area contributed by atoms with Gasteiger partial charge in [0.1, 0.15) is 0 Å². The quantitative estimate of drug-likeness (QED) is 0.869. The summed E-state index contributed by atoms with van der Waals surface area (Å²) < 4.78 is 41.5. The smallest absolute Gasteiger partial charge is 0.387 e. The summed E-state index contributed by atoms with van der Waals surface area (Å²) in [5.74, 6) is -1.84. The lowest BCUT2D eigenvalue weighted by molar-refractivity contribution is -0.128. The Morgan fingerprint density at radius 3 is 2.57 bits per heavy atom. The van der Waals surface area contributed by atoms with Crippen LogP contribution in [0.4, 0.5) is 23.7 Å². The van der Waals surface area contributed by atoms with Gasteiger partial charge < -0.3 is 20.3 Å². The molecule has 0 radical (unpaired) electrons. The molecule has 1 saturated heterocycles. The molecule has 9 heteroatoms. The molecule has 0 unspecified atom stereocenters. The van der Waals surface area contributed by atoms with Crippen molar-refractivity contribution in [3.8, 4) is 5.75 Å². The second-order valence-electron chi connectivity index (χ2n) is 4.92. The van der Waals surface area contributed by atoms with E-state index in [0.29, 0.717) is 13.1 Å². The second-order valence-corrected chi connectivity index (χ2v) is 4.92.